The second-order valence-corrected chi connectivity index (χ2v) is 5.47. The summed E-state index contributed by atoms with van der Waals surface area (Å²) >= 11 is 5.45. The molecule has 0 aliphatic rings. The number of para-hydroxylation sites is 1. The van der Waals surface area contributed by atoms with Gasteiger partial charge < -0.3 is 14.3 Å². The first-order chi connectivity index (χ1) is 9.60. The maximum Gasteiger partial charge on any atom is 0.178 e. The fourth-order valence-corrected chi connectivity index (χ4v) is 2.71. The van der Waals surface area contributed by atoms with Gasteiger partial charge in [0.05, 0.1) is 29.2 Å². The van der Waals surface area contributed by atoms with Crippen LogP contribution in [0.25, 0.3) is 11.0 Å². The highest BCUT2D eigenvalue weighted by Gasteiger charge is 2.20. The molecule has 0 aliphatic heterocycles. The number of aromatic nitrogens is 2. The molecule has 106 valence electrons. The van der Waals surface area contributed by atoms with E-state index in [9.17, 15) is 5.26 Å². The number of fused-ring (bicyclic) bond motifs is 1. The van der Waals surface area contributed by atoms with Crippen LogP contribution in [-0.4, -0.2) is 22.8 Å². The van der Waals surface area contributed by atoms with Gasteiger partial charge in [-0.15, -0.1) is 0 Å². The average Bonchev–Trinajstić information content (AvgIpc) is 2.75. The molecule has 20 heavy (non-hydrogen) atoms. The highest BCUT2D eigenvalue weighted by Crippen LogP contribution is 2.26. The molecule has 0 saturated heterocycles. The molecule has 0 spiro atoms. The van der Waals surface area contributed by atoms with Gasteiger partial charge in [-0.25, -0.2) is 0 Å². The molecule has 2 aromatic rings. The number of hydrogen-bond donors (Lipinski definition) is 1. The first-order valence-corrected chi connectivity index (χ1v) is 7.22. The van der Waals surface area contributed by atoms with Crippen molar-refractivity contribution in [1.82, 2.24) is 9.55 Å². The maximum absolute atomic E-state index is 9.19. The average molecular weight is 289 g/mol. The van der Waals surface area contributed by atoms with E-state index in [-0.39, 0.29) is 6.04 Å². The first kappa shape index (κ1) is 14.8. The van der Waals surface area contributed by atoms with E-state index in [0.29, 0.717) is 29.5 Å². The molecular formula is C15H19N3OS. The van der Waals surface area contributed by atoms with E-state index in [1.807, 2.05) is 19.1 Å². The fraction of sp³-hybridized carbons (Fsp3) is 0.467. The summed E-state index contributed by atoms with van der Waals surface area (Å²) in [5, 5.41) is 9.19. The number of benzene rings is 1. The Morgan fingerprint density at radius 2 is 2.20 bits per heavy atom. The van der Waals surface area contributed by atoms with Gasteiger partial charge in [0.15, 0.2) is 4.77 Å². The molecule has 4 nitrogen and oxygen atoms in total. The normalized spacial score (nSPS) is 12.8. The third-order valence-corrected chi connectivity index (χ3v) is 3.77. The van der Waals surface area contributed by atoms with Gasteiger partial charge in [0.1, 0.15) is 6.07 Å². The van der Waals surface area contributed by atoms with Gasteiger partial charge in [-0.1, -0.05) is 19.9 Å². The zero-order valence-electron chi connectivity index (χ0n) is 12.0. The predicted octanol–water partition coefficient (Wildman–Crippen LogP) is 3.80. The lowest BCUT2D eigenvalue weighted by Gasteiger charge is -2.23. The van der Waals surface area contributed by atoms with E-state index < -0.39 is 0 Å². The zero-order chi connectivity index (χ0) is 14.7. The van der Waals surface area contributed by atoms with Crippen molar-refractivity contribution in [1.29, 1.82) is 5.26 Å². The van der Waals surface area contributed by atoms with Crippen LogP contribution in [0, 0.1) is 22.0 Å². The maximum atomic E-state index is 9.19. The standard InChI is InChI=1S/C15H19N3OS/c1-4-19-9-13(10(2)3)18-12-7-5-6-11(8-16)14(12)17-15(18)20/h5-7,10,13H,4,9H2,1-3H3,(H,17,20). The molecule has 0 amide bonds. The van der Waals surface area contributed by atoms with Crippen molar-refractivity contribution in [3.8, 4) is 6.07 Å². The SMILES string of the molecule is CCOCC(C(C)C)n1c(=S)[nH]c2c(C#N)cccc21. The molecule has 1 aromatic carbocycles. The summed E-state index contributed by atoms with van der Waals surface area (Å²) in [6, 6.07) is 8.03. The molecule has 0 saturated carbocycles. The van der Waals surface area contributed by atoms with E-state index in [2.05, 4.69) is 29.5 Å². The molecular weight excluding hydrogens is 270 g/mol. The number of imidazole rings is 1. The number of nitriles is 1. The lowest BCUT2D eigenvalue weighted by molar-refractivity contribution is 0.0974. The van der Waals surface area contributed by atoms with Crippen LogP contribution in [0.3, 0.4) is 0 Å². The molecule has 1 unspecified atom stereocenters. The van der Waals surface area contributed by atoms with E-state index in [4.69, 9.17) is 17.0 Å². The molecule has 0 aliphatic carbocycles. The second-order valence-electron chi connectivity index (χ2n) is 5.08. The van der Waals surface area contributed by atoms with Crippen LogP contribution in [0.5, 0.6) is 0 Å². The quantitative estimate of drug-likeness (QED) is 0.852. The lowest BCUT2D eigenvalue weighted by atomic mass is 10.0. The molecule has 1 atom stereocenters. The highest BCUT2D eigenvalue weighted by molar-refractivity contribution is 7.71. The number of aromatic amines is 1. The molecule has 1 heterocycles. The molecule has 1 aromatic heterocycles. The largest absolute Gasteiger partial charge is 0.380 e. The number of nitrogens with one attached hydrogen (secondary N) is 1. The number of nitrogens with zero attached hydrogens (tertiary/aromatic N) is 2. The molecule has 0 bridgehead atoms. The summed E-state index contributed by atoms with van der Waals surface area (Å²) in [5.41, 5.74) is 2.39. The third kappa shape index (κ3) is 2.62. The minimum atomic E-state index is 0.158. The summed E-state index contributed by atoms with van der Waals surface area (Å²) in [7, 11) is 0. The van der Waals surface area contributed by atoms with Crippen LogP contribution in [-0.2, 0) is 4.74 Å². The summed E-state index contributed by atoms with van der Waals surface area (Å²) in [5.74, 6) is 0.387. The monoisotopic (exact) mass is 289 g/mol. The zero-order valence-corrected chi connectivity index (χ0v) is 12.8. The summed E-state index contributed by atoms with van der Waals surface area (Å²) in [6.07, 6.45) is 0. The highest BCUT2D eigenvalue weighted by atomic mass is 32.1. The lowest BCUT2D eigenvalue weighted by Crippen LogP contribution is -2.21. The van der Waals surface area contributed by atoms with Crippen molar-refractivity contribution < 1.29 is 4.74 Å². The Bertz CT molecular complexity index is 693. The second kappa shape index (κ2) is 6.21. The van der Waals surface area contributed by atoms with E-state index in [1.54, 1.807) is 6.07 Å². The van der Waals surface area contributed by atoms with Crippen LogP contribution in [0.4, 0.5) is 0 Å². The van der Waals surface area contributed by atoms with E-state index >= 15 is 0 Å². The topological polar surface area (TPSA) is 53.7 Å². The van der Waals surface area contributed by atoms with Gasteiger partial charge in [-0.3, -0.25) is 0 Å². The van der Waals surface area contributed by atoms with Gasteiger partial charge in [0, 0.05) is 6.61 Å². The smallest absolute Gasteiger partial charge is 0.178 e. The van der Waals surface area contributed by atoms with Crippen molar-refractivity contribution in [3.05, 3.63) is 28.5 Å². The summed E-state index contributed by atoms with van der Waals surface area (Å²) in [6.45, 7) is 7.59. The van der Waals surface area contributed by atoms with Crippen LogP contribution in [0.2, 0.25) is 0 Å². The van der Waals surface area contributed by atoms with Gasteiger partial charge in [0.2, 0.25) is 0 Å². The minimum absolute atomic E-state index is 0.158. The first-order valence-electron chi connectivity index (χ1n) is 6.81. The Balaban J connectivity index is 2.61. The Hall–Kier alpha value is -1.64. The van der Waals surface area contributed by atoms with Crippen molar-refractivity contribution in [2.24, 2.45) is 5.92 Å². The third-order valence-electron chi connectivity index (χ3n) is 3.47. The number of H-pyrrole nitrogens is 1. The van der Waals surface area contributed by atoms with Crippen LogP contribution < -0.4 is 0 Å². The molecule has 0 radical (unpaired) electrons. The van der Waals surface area contributed by atoms with E-state index in [1.165, 1.54) is 0 Å². The Morgan fingerprint density at radius 3 is 2.80 bits per heavy atom. The Morgan fingerprint density at radius 1 is 1.45 bits per heavy atom. The summed E-state index contributed by atoms with van der Waals surface area (Å²) in [4.78, 5) is 3.16. The molecule has 2 rings (SSSR count). The van der Waals surface area contributed by atoms with Crippen molar-refractivity contribution >= 4 is 23.3 Å². The Kier molecular flexibility index (Phi) is 4.58. The molecule has 1 N–H and O–H groups in total. The number of ether oxygens (including phenoxy) is 1. The van der Waals surface area contributed by atoms with E-state index in [0.717, 1.165) is 11.0 Å². The van der Waals surface area contributed by atoms with Crippen LogP contribution in [0.15, 0.2) is 18.2 Å². The van der Waals surface area contributed by atoms with Crippen LogP contribution >= 0.6 is 12.2 Å². The minimum Gasteiger partial charge on any atom is -0.380 e. The Labute approximate surface area is 124 Å². The van der Waals surface area contributed by atoms with Gasteiger partial charge in [-0.05, 0) is 37.2 Å². The van der Waals surface area contributed by atoms with Crippen molar-refractivity contribution in [2.75, 3.05) is 13.2 Å². The van der Waals surface area contributed by atoms with Crippen molar-refractivity contribution in [2.45, 2.75) is 26.8 Å². The predicted molar refractivity (Wildman–Crippen MR) is 82.2 cm³/mol. The van der Waals surface area contributed by atoms with Crippen molar-refractivity contribution in [3.63, 3.8) is 0 Å². The van der Waals surface area contributed by atoms with Gasteiger partial charge in [0.25, 0.3) is 0 Å². The number of hydrogen-bond acceptors (Lipinski definition) is 3. The van der Waals surface area contributed by atoms with Gasteiger partial charge >= 0.3 is 0 Å². The molecule has 0 fully saturated rings. The molecule has 5 heteroatoms. The van der Waals surface area contributed by atoms with Gasteiger partial charge in [-0.2, -0.15) is 5.26 Å². The summed E-state index contributed by atoms with van der Waals surface area (Å²) < 4.78 is 8.31. The fourth-order valence-electron chi connectivity index (χ4n) is 2.37. The van der Waals surface area contributed by atoms with Crippen LogP contribution in [0.1, 0.15) is 32.4 Å². The number of rotatable bonds is 5.